The number of pyridine rings is 1. The van der Waals surface area contributed by atoms with Crippen LogP contribution in [0.5, 0.6) is 0 Å². The Kier molecular flexibility index (Phi) is 7.32. The summed E-state index contributed by atoms with van der Waals surface area (Å²) in [6.45, 7) is 12.0. The third-order valence-electron chi connectivity index (χ3n) is 7.33. The van der Waals surface area contributed by atoms with Crippen molar-refractivity contribution in [2.45, 2.75) is 32.7 Å². The van der Waals surface area contributed by atoms with Crippen molar-refractivity contribution in [2.24, 2.45) is 4.99 Å². The summed E-state index contributed by atoms with van der Waals surface area (Å²) in [5.41, 5.74) is 9.80. The summed E-state index contributed by atoms with van der Waals surface area (Å²) in [4.78, 5) is 28.3. The Morgan fingerprint density at radius 1 is 1.21 bits per heavy atom. The highest BCUT2D eigenvalue weighted by Gasteiger charge is 2.34. The van der Waals surface area contributed by atoms with Crippen LogP contribution >= 0.6 is 11.6 Å². The first-order valence-electron chi connectivity index (χ1n) is 13.0. The minimum Gasteiger partial charge on any atom is -0.398 e. The number of para-hydroxylation sites is 1. The number of carbonyl (C=O) groups excluding carboxylic acids is 1. The molecule has 3 aromatic rings. The summed E-state index contributed by atoms with van der Waals surface area (Å²) in [6.07, 6.45) is 1.35. The molecule has 0 unspecified atom stereocenters. The Balaban J connectivity index is 1.66. The Labute approximate surface area is 233 Å². The molecule has 0 radical (unpaired) electrons. The van der Waals surface area contributed by atoms with Crippen molar-refractivity contribution in [1.29, 1.82) is 0 Å². The van der Waals surface area contributed by atoms with E-state index in [0.717, 1.165) is 22.6 Å². The van der Waals surface area contributed by atoms with Gasteiger partial charge in [0.15, 0.2) is 0 Å². The molecule has 2 aromatic carbocycles. The maximum atomic E-state index is 15.0. The first-order chi connectivity index (χ1) is 18.7. The van der Waals surface area contributed by atoms with Crippen molar-refractivity contribution in [1.82, 2.24) is 14.8 Å². The molecular weight excluding hydrogens is 515 g/mol. The molecule has 0 saturated carbocycles. The molecule has 5 rings (SSSR count). The van der Waals surface area contributed by atoms with Gasteiger partial charge in [0.2, 0.25) is 5.91 Å². The van der Waals surface area contributed by atoms with Crippen LogP contribution in [0.1, 0.15) is 37.8 Å². The van der Waals surface area contributed by atoms with Crippen LogP contribution in [0.2, 0.25) is 5.02 Å². The first-order valence-corrected chi connectivity index (χ1v) is 13.4. The lowest BCUT2D eigenvalue weighted by Gasteiger charge is -2.43. The predicted molar refractivity (Wildman–Crippen MR) is 156 cm³/mol. The summed E-state index contributed by atoms with van der Waals surface area (Å²) in [7, 11) is 0. The number of fused-ring (bicyclic) bond motifs is 1. The highest BCUT2D eigenvalue weighted by Crippen LogP contribution is 2.41. The van der Waals surface area contributed by atoms with E-state index in [2.05, 4.69) is 44.4 Å². The number of nitrogens with two attached hydrogens (primary N) is 1. The second-order valence-corrected chi connectivity index (χ2v) is 10.6. The molecule has 0 spiro atoms. The van der Waals surface area contributed by atoms with Gasteiger partial charge in [-0.15, -0.1) is 0 Å². The van der Waals surface area contributed by atoms with Gasteiger partial charge in [-0.25, -0.2) is 14.4 Å². The average Bonchev–Trinajstić information content (AvgIpc) is 2.92. The van der Waals surface area contributed by atoms with Crippen LogP contribution in [0, 0.1) is 5.82 Å². The van der Waals surface area contributed by atoms with Crippen LogP contribution < -0.4 is 10.6 Å². The minimum atomic E-state index is -0.486. The van der Waals surface area contributed by atoms with Gasteiger partial charge in [-0.05, 0) is 48.7 Å². The number of amidine groups is 1. The zero-order chi connectivity index (χ0) is 27.8. The SMILES string of the molecule is C=CC(=O)N1CCN(C2=NCN(c3ccccc3C(C)C)c3nc(-c4c(N)cccc4F)c(Cl)cc32)[C@@H](C)C1. The summed E-state index contributed by atoms with van der Waals surface area (Å²) < 4.78 is 15.0. The van der Waals surface area contributed by atoms with Gasteiger partial charge in [-0.3, -0.25) is 4.79 Å². The molecule has 7 nitrogen and oxygen atoms in total. The molecule has 1 saturated heterocycles. The van der Waals surface area contributed by atoms with Gasteiger partial charge in [0.1, 0.15) is 24.1 Å². The van der Waals surface area contributed by atoms with Crippen molar-refractivity contribution in [3.63, 3.8) is 0 Å². The number of halogens is 2. The van der Waals surface area contributed by atoms with E-state index in [4.69, 9.17) is 27.3 Å². The molecular formula is C30H32ClFN6O. The molecule has 1 atom stereocenters. The van der Waals surface area contributed by atoms with Gasteiger partial charge < -0.3 is 20.4 Å². The van der Waals surface area contributed by atoms with E-state index >= 15 is 4.39 Å². The Bertz CT molecular complexity index is 1450. The highest BCUT2D eigenvalue weighted by atomic mass is 35.5. The zero-order valence-electron chi connectivity index (χ0n) is 22.4. The topological polar surface area (TPSA) is 78.1 Å². The summed E-state index contributed by atoms with van der Waals surface area (Å²) in [5.74, 6) is 1.08. The number of amides is 1. The standard InChI is InChI=1S/C30H32ClFN6O/c1-5-26(39)36-13-14-37(19(4)16-36)29-21-15-22(31)28(27-23(32)10-8-11-24(27)33)35-30(21)38(17-34-29)25-12-7-6-9-20(25)18(2)3/h5-12,15,18-19H,1,13-14,16-17,33H2,2-4H3/t19-/m0/s1. The minimum absolute atomic E-state index is 0.00409. The van der Waals surface area contributed by atoms with Gasteiger partial charge >= 0.3 is 0 Å². The Hall–Kier alpha value is -3.91. The number of nitrogen functional groups attached to an aromatic ring is 1. The van der Waals surface area contributed by atoms with Crippen molar-refractivity contribution in [3.8, 4) is 11.3 Å². The van der Waals surface area contributed by atoms with Crippen molar-refractivity contribution >= 4 is 40.5 Å². The van der Waals surface area contributed by atoms with E-state index in [9.17, 15) is 4.79 Å². The van der Waals surface area contributed by atoms with Gasteiger partial charge in [0.05, 0.1) is 21.8 Å². The lowest BCUT2D eigenvalue weighted by atomic mass is 9.99. The van der Waals surface area contributed by atoms with E-state index in [0.29, 0.717) is 32.1 Å². The molecule has 1 fully saturated rings. The van der Waals surface area contributed by atoms with Crippen LogP contribution in [0.25, 0.3) is 11.3 Å². The van der Waals surface area contributed by atoms with E-state index in [1.807, 2.05) is 23.1 Å². The molecule has 39 heavy (non-hydrogen) atoms. The third-order valence-corrected chi connectivity index (χ3v) is 7.62. The van der Waals surface area contributed by atoms with Crippen molar-refractivity contribution < 1.29 is 9.18 Å². The summed E-state index contributed by atoms with van der Waals surface area (Å²) in [5, 5.41) is 0.283. The van der Waals surface area contributed by atoms with Crippen LogP contribution in [0.3, 0.4) is 0 Å². The Morgan fingerprint density at radius 3 is 2.67 bits per heavy atom. The largest absolute Gasteiger partial charge is 0.398 e. The summed E-state index contributed by atoms with van der Waals surface area (Å²) in [6, 6.07) is 14.5. The van der Waals surface area contributed by atoms with E-state index in [1.165, 1.54) is 12.1 Å². The molecule has 3 heterocycles. The maximum Gasteiger partial charge on any atom is 0.246 e. The van der Waals surface area contributed by atoms with E-state index in [1.54, 1.807) is 17.0 Å². The number of nitrogens with zero attached hydrogens (tertiary/aromatic N) is 5. The number of benzene rings is 2. The number of hydrogen-bond acceptors (Lipinski definition) is 6. The fraction of sp³-hybridized carbons (Fsp3) is 0.300. The number of hydrogen-bond donors (Lipinski definition) is 1. The number of anilines is 3. The number of carbonyl (C=O) groups is 1. The fourth-order valence-electron chi connectivity index (χ4n) is 5.36. The van der Waals surface area contributed by atoms with Crippen molar-refractivity contribution in [3.05, 3.63) is 83.2 Å². The Morgan fingerprint density at radius 2 is 1.97 bits per heavy atom. The summed E-state index contributed by atoms with van der Waals surface area (Å²) >= 11 is 6.80. The predicted octanol–water partition coefficient (Wildman–Crippen LogP) is 5.82. The second kappa shape index (κ2) is 10.7. The quantitative estimate of drug-likeness (QED) is 0.329. The van der Waals surface area contributed by atoms with Crippen LogP contribution in [-0.2, 0) is 4.79 Å². The number of rotatable bonds is 4. The smallest absolute Gasteiger partial charge is 0.246 e. The molecule has 2 N–H and O–H groups in total. The van der Waals surface area contributed by atoms with Gasteiger partial charge in [-0.2, -0.15) is 0 Å². The zero-order valence-corrected chi connectivity index (χ0v) is 23.1. The normalized spacial score (nSPS) is 17.2. The number of aromatic nitrogens is 1. The van der Waals surface area contributed by atoms with Gasteiger partial charge in [-0.1, -0.05) is 56.3 Å². The van der Waals surface area contributed by atoms with Crippen LogP contribution in [0.15, 0.2) is 66.2 Å². The molecule has 2 aliphatic rings. The van der Waals surface area contributed by atoms with Crippen LogP contribution in [-0.4, -0.2) is 58.9 Å². The molecule has 1 amide bonds. The first kappa shape index (κ1) is 26.7. The van der Waals surface area contributed by atoms with E-state index in [-0.39, 0.29) is 39.8 Å². The fourth-order valence-corrected chi connectivity index (χ4v) is 5.61. The molecule has 9 heteroatoms. The molecule has 202 valence electrons. The number of piperazine rings is 1. The lowest BCUT2D eigenvalue weighted by Crippen LogP contribution is -2.56. The molecule has 2 aliphatic heterocycles. The van der Waals surface area contributed by atoms with Crippen molar-refractivity contribution in [2.75, 3.05) is 36.9 Å². The molecule has 0 aliphatic carbocycles. The average molecular weight is 547 g/mol. The van der Waals surface area contributed by atoms with Gasteiger partial charge in [0.25, 0.3) is 0 Å². The number of aliphatic imine (C=N–C) groups is 1. The second-order valence-electron chi connectivity index (χ2n) is 10.2. The lowest BCUT2D eigenvalue weighted by molar-refractivity contribution is -0.128. The third kappa shape index (κ3) is 4.85. The van der Waals surface area contributed by atoms with Crippen LogP contribution in [0.4, 0.5) is 21.6 Å². The monoisotopic (exact) mass is 546 g/mol. The molecule has 1 aromatic heterocycles. The molecule has 0 bridgehead atoms. The highest BCUT2D eigenvalue weighted by molar-refractivity contribution is 6.34. The van der Waals surface area contributed by atoms with E-state index < -0.39 is 5.82 Å². The maximum absolute atomic E-state index is 15.0. The van der Waals surface area contributed by atoms with Gasteiger partial charge in [0, 0.05) is 37.1 Å².